The molecule has 0 bridgehead atoms. The lowest BCUT2D eigenvalue weighted by molar-refractivity contribution is 0.101. The van der Waals surface area contributed by atoms with Crippen LogP contribution in [0.3, 0.4) is 0 Å². The summed E-state index contributed by atoms with van der Waals surface area (Å²) < 4.78 is 32.1. The third-order valence-electron chi connectivity index (χ3n) is 2.90. The number of benzene rings is 2. The summed E-state index contributed by atoms with van der Waals surface area (Å²) in [5.41, 5.74) is 0.0877. The molecule has 3 rings (SSSR count). The molecule has 0 aliphatic heterocycles. The molecule has 1 aromatic heterocycles. The smallest absolute Gasteiger partial charge is 0.231 e. The van der Waals surface area contributed by atoms with Crippen LogP contribution >= 0.6 is 11.6 Å². The molecule has 0 N–H and O–H groups in total. The summed E-state index contributed by atoms with van der Waals surface area (Å²) in [5.74, 6) is -3.04. The van der Waals surface area contributed by atoms with Crippen LogP contribution in [-0.2, 0) is 0 Å². The van der Waals surface area contributed by atoms with Crippen LogP contribution in [-0.4, -0.2) is 5.78 Å². The van der Waals surface area contributed by atoms with E-state index in [4.69, 9.17) is 16.0 Å². The van der Waals surface area contributed by atoms with Crippen molar-refractivity contribution >= 4 is 28.4 Å². The van der Waals surface area contributed by atoms with Crippen molar-refractivity contribution in [3.8, 4) is 0 Å². The van der Waals surface area contributed by atoms with Gasteiger partial charge in [-0.15, -0.1) is 0 Å². The predicted octanol–water partition coefficient (Wildman–Crippen LogP) is 4.60. The normalized spacial score (nSPS) is 10.9. The molecule has 0 saturated carbocycles. The highest BCUT2D eigenvalue weighted by atomic mass is 35.5. The SMILES string of the molecule is O=C(c1cc2cc(Cl)ccc2o1)c1cccc(F)c1F. The van der Waals surface area contributed by atoms with Gasteiger partial charge in [-0.25, -0.2) is 8.78 Å². The van der Waals surface area contributed by atoms with E-state index in [2.05, 4.69) is 0 Å². The molecule has 0 atom stereocenters. The van der Waals surface area contributed by atoms with Crippen LogP contribution in [0.15, 0.2) is 46.9 Å². The number of ketones is 1. The summed E-state index contributed by atoms with van der Waals surface area (Å²) in [7, 11) is 0. The average Bonchev–Trinajstić information content (AvgIpc) is 2.84. The first-order chi connectivity index (χ1) is 9.56. The number of furan rings is 1. The zero-order chi connectivity index (χ0) is 14.3. The fourth-order valence-corrected chi connectivity index (χ4v) is 2.12. The first-order valence-corrected chi connectivity index (χ1v) is 6.12. The lowest BCUT2D eigenvalue weighted by atomic mass is 10.1. The van der Waals surface area contributed by atoms with Gasteiger partial charge in [-0.2, -0.15) is 0 Å². The van der Waals surface area contributed by atoms with E-state index < -0.39 is 17.4 Å². The van der Waals surface area contributed by atoms with E-state index in [0.717, 1.165) is 6.07 Å². The van der Waals surface area contributed by atoms with Crippen LogP contribution in [0.1, 0.15) is 16.1 Å². The second-order valence-corrected chi connectivity index (χ2v) is 4.66. The Labute approximate surface area is 117 Å². The van der Waals surface area contributed by atoms with E-state index in [1.54, 1.807) is 18.2 Å². The number of carbonyl (C=O) groups excluding carboxylic acids is 1. The lowest BCUT2D eigenvalue weighted by Gasteiger charge is -2.00. The van der Waals surface area contributed by atoms with Crippen molar-refractivity contribution in [2.75, 3.05) is 0 Å². The minimum atomic E-state index is -1.18. The number of carbonyl (C=O) groups is 1. The Morgan fingerprint density at radius 3 is 2.70 bits per heavy atom. The highest BCUT2D eigenvalue weighted by Gasteiger charge is 2.20. The average molecular weight is 293 g/mol. The molecule has 0 radical (unpaired) electrons. The highest BCUT2D eigenvalue weighted by Crippen LogP contribution is 2.25. The van der Waals surface area contributed by atoms with Gasteiger partial charge in [-0.05, 0) is 36.4 Å². The number of hydrogen-bond acceptors (Lipinski definition) is 2. The van der Waals surface area contributed by atoms with Gasteiger partial charge in [0.05, 0.1) is 5.56 Å². The number of halogens is 3. The van der Waals surface area contributed by atoms with Crippen LogP contribution in [0.2, 0.25) is 5.02 Å². The van der Waals surface area contributed by atoms with Gasteiger partial charge in [-0.3, -0.25) is 4.79 Å². The number of rotatable bonds is 2. The first kappa shape index (κ1) is 12.8. The Bertz CT molecular complexity index is 824. The van der Waals surface area contributed by atoms with Crippen molar-refractivity contribution in [3.63, 3.8) is 0 Å². The summed E-state index contributed by atoms with van der Waals surface area (Å²) in [6.07, 6.45) is 0. The zero-order valence-electron chi connectivity index (χ0n) is 9.99. The molecule has 3 aromatic rings. The molecule has 0 aliphatic rings. The van der Waals surface area contributed by atoms with Gasteiger partial charge in [-0.1, -0.05) is 17.7 Å². The predicted molar refractivity (Wildman–Crippen MR) is 71.0 cm³/mol. The lowest BCUT2D eigenvalue weighted by Crippen LogP contribution is -2.04. The minimum Gasteiger partial charge on any atom is -0.453 e. The van der Waals surface area contributed by atoms with Crippen molar-refractivity contribution in [2.45, 2.75) is 0 Å². The Morgan fingerprint density at radius 2 is 1.90 bits per heavy atom. The summed E-state index contributed by atoms with van der Waals surface area (Å²) in [6.45, 7) is 0. The topological polar surface area (TPSA) is 30.2 Å². The van der Waals surface area contributed by atoms with Crippen LogP contribution in [0.4, 0.5) is 8.78 Å². The summed E-state index contributed by atoms with van der Waals surface area (Å²) in [5, 5.41) is 1.12. The van der Waals surface area contributed by atoms with Crippen LogP contribution in [0.5, 0.6) is 0 Å². The zero-order valence-corrected chi connectivity index (χ0v) is 10.7. The van der Waals surface area contributed by atoms with Gasteiger partial charge in [0.15, 0.2) is 17.4 Å². The van der Waals surface area contributed by atoms with E-state index in [0.29, 0.717) is 16.0 Å². The Balaban J connectivity index is 2.10. The van der Waals surface area contributed by atoms with Crippen LogP contribution in [0, 0.1) is 11.6 Å². The summed E-state index contributed by atoms with van der Waals surface area (Å²) >= 11 is 5.83. The van der Waals surface area contributed by atoms with E-state index in [1.807, 2.05) is 0 Å². The molecule has 2 nitrogen and oxygen atoms in total. The molecule has 0 amide bonds. The van der Waals surface area contributed by atoms with Gasteiger partial charge < -0.3 is 4.42 Å². The molecule has 20 heavy (non-hydrogen) atoms. The molecule has 0 spiro atoms. The summed E-state index contributed by atoms with van der Waals surface area (Å²) in [4.78, 5) is 12.1. The molecule has 100 valence electrons. The maximum absolute atomic E-state index is 13.6. The first-order valence-electron chi connectivity index (χ1n) is 5.74. The van der Waals surface area contributed by atoms with E-state index in [-0.39, 0.29) is 11.3 Å². The largest absolute Gasteiger partial charge is 0.453 e. The Hall–Kier alpha value is -2.20. The monoisotopic (exact) mass is 292 g/mol. The third kappa shape index (κ3) is 2.08. The van der Waals surface area contributed by atoms with Gasteiger partial charge >= 0.3 is 0 Å². The summed E-state index contributed by atoms with van der Waals surface area (Å²) in [6, 6.07) is 9.73. The molecule has 0 fully saturated rings. The molecule has 2 aromatic carbocycles. The fraction of sp³-hybridized carbons (Fsp3) is 0. The van der Waals surface area contributed by atoms with Gasteiger partial charge in [0.2, 0.25) is 5.78 Å². The van der Waals surface area contributed by atoms with Crippen molar-refractivity contribution in [1.82, 2.24) is 0 Å². The molecular formula is C15H7ClF2O2. The molecule has 0 unspecified atom stereocenters. The molecule has 0 aliphatic carbocycles. The second kappa shape index (κ2) is 4.72. The molecule has 1 heterocycles. The van der Waals surface area contributed by atoms with Crippen LogP contribution in [0.25, 0.3) is 11.0 Å². The third-order valence-corrected chi connectivity index (χ3v) is 3.13. The van der Waals surface area contributed by atoms with Gasteiger partial charge in [0, 0.05) is 10.4 Å². The Morgan fingerprint density at radius 1 is 1.10 bits per heavy atom. The number of fused-ring (bicyclic) bond motifs is 1. The van der Waals surface area contributed by atoms with Crippen molar-refractivity contribution in [3.05, 3.63) is 70.4 Å². The molecule has 0 saturated heterocycles. The quantitative estimate of drug-likeness (QED) is 0.646. The maximum atomic E-state index is 13.6. The minimum absolute atomic E-state index is 0.0632. The number of hydrogen-bond donors (Lipinski definition) is 0. The standard InChI is InChI=1S/C15H7ClF2O2/c16-9-4-5-12-8(6-9)7-13(20-12)15(19)10-2-1-3-11(17)14(10)18/h1-7H. The maximum Gasteiger partial charge on any atom is 0.231 e. The van der Waals surface area contributed by atoms with Crippen LogP contribution < -0.4 is 0 Å². The van der Waals surface area contributed by atoms with E-state index in [9.17, 15) is 13.6 Å². The van der Waals surface area contributed by atoms with Gasteiger partial charge in [0.25, 0.3) is 0 Å². The molecule has 5 heteroatoms. The molecular weight excluding hydrogens is 286 g/mol. The van der Waals surface area contributed by atoms with Crippen molar-refractivity contribution in [2.24, 2.45) is 0 Å². The van der Waals surface area contributed by atoms with Gasteiger partial charge in [0.1, 0.15) is 5.58 Å². The van der Waals surface area contributed by atoms with Crippen molar-refractivity contribution < 1.29 is 18.0 Å². The van der Waals surface area contributed by atoms with E-state index in [1.165, 1.54) is 18.2 Å². The highest BCUT2D eigenvalue weighted by molar-refractivity contribution is 6.31. The Kier molecular flexibility index (Phi) is 3.03. The van der Waals surface area contributed by atoms with E-state index >= 15 is 0 Å². The second-order valence-electron chi connectivity index (χ2n) is 4.22. The fourth-order valence-electron chi connectivity index (χ4n) is 1.94. The van der Waals surface area contributed by atoms with Crippen molar-refractivity contribution in [1.29, 1.82) is 0 Å².